The first-order valence-electron chi connectivity index (χ1n) is 7.66. The van der Waals surface area contributed by atoms with Gasteiger partial charge in [0, 0.05) is 6.54 Å². The molecule has 0 bridgehead atoms. The third kappa shape index (κ3) is 4.58. The first-order valence-corrected chi connectivity index (χ1v) is 9.15. The molecule has 0 amide bonds. The Balaban J connectivity index is 2.14. The number of aromatic nitrogens is 1. The number of sulfonamides is 1. The minimum absolute atomic E-state index is 0.0223. The number of nitrogens with one attached hydrogen (secondary N) is 2. The van der Waals surface area contributed by atoms with E-state index in [1.54, 1.807) is 36.5 Å². The van der Waals surface area contributed by atoms with Gasteiger partial charge in [0.25, 0.3) is 10.0 Å². The summed E-state index contributed by atoms with van der Waals surface area (Å²) in [5.41, 5.74) is 1.86. The van der Waals surface area contributed by atoms with Crippen molar-refractivity contribution in [1.82, 2.24) is 4.98 Å². The second-order valence-electron chi connectivity index (χ2n) is 6.48. The molecule has 1 heterocycles. The Morgan fingerprint density at radius 2 is 1.79 bits per heavy atom. The Bertz CT molecular complexity index is 790. The van der Waals surface area contributed by atoms with Crippen LogP contribution in [0.5, 0.6) is 0 Å². The molecule has 1 aromatic carbocycles. The molecule has 24 heavy (non-hydrogen) atoms. The maximum Gasteiger partial charge on any atom is 0.263 e. The summed E-state index contributed by atoms with van der Waals surface area (Å²) in [4.78, 5) is 4.33. The van der Waals surface area contributed by atoms with E-state index in [1.807, 2.05) is 12.1 Å². The van der Waals surface area contributed by atoms with Crippen LogP contribution in [0.2, 0.25) is 0 Å². The summed E-state index contributed by atoms with van der Waals surface area (Å²) in [6.07, 6.45) is 3.31. The third-order valence-electron chi connectivity index (χ3n) is 3.48. The van der Waals surface area contributed by atoms with E-state index >= 15 is 0 Å². The van der Waals surface area contributed by atoms with Crippen LogP contribution in [0.15, 0.2) is 60.1 Å². The van der Waals surface area contributed by atoms with Crippen molar-refractivity contribution in [2.75, 3.05) is 16.6 Å². The van der Waals surface area contributed by atoms with E-state index in [0.29, 0.717) is 6.54 Å². The van der Waals surface area contributed by atoms with Gasteiger partial charge in [-0.05, 0) is 35.2 Å². The normalized spacial score (nSPS) is 11.8. The van der Waals surface area contributed by atoms with E-state index in [4.69, 9.17) is 0 Å². The van der Waals surface area contributed by atoms with Crippen molar-refractivity contribution in [3.63, 3.8) is 0 Å². The van der Waals surface area contributed by atoms with Gasteiger partial charge in [-0.25, -0.2) is 13.4 Å². The van der Waals surface area contributed by atoms with Crippen molar-refractivity contribution >= 4 is 21.5 Å². The van der Waals surface area contributed by atoms with Crippen molar-refractivity contribution in [3.05, 3.63) is 60.8 Å². The molecule has 0 saturated carbocycles. The van der Waals surface area contributed by atoms with Gasteiger partial charge in [0.15, 0.2) is 0 Å². The lowest BCUT2D eigenvalue weighted by Crippen LogP contribution is -2.15. The van der Waals surface area contributed by atoms with Gasteiger partial charge >= 0.3 is 0 Å². The van der Waals surface area contributed by atoms with Crippen molar-refractivity contribution < 1.29 is 8.42 Å². The summed E-state index contributed by atoms with van der Waals surface area (Å²) in [5.74, 6) is 0.277. The lowest BCUT2D eigenvalue weighted by Gasteiger charge is -2.19. The van der Waals surface area contributed by atoms with Crippen LogP contribution in [0.25, 0.3) is 0 Å². The Labute approximate surface area is 143 Å². The predicted octanol–water partition coefficient (Wildman–Crippen LogP) is 3.78. The van der Waals surface area contributed by atoms with Gasteiger partial charge in [-0.3, -0.25) is 4.72 Å². The summed E-state index contributed by atoms with van der Waals surface area (Å²) >= 11 is 0. The van der Waals surface area contributed by atoms with E-state index in [9.17, 15) is 8.42 Å². The quantitative estimate of drug-likeness (QED) is 0.782. The number of benzene rings is 1. The van der Waals surface area contributed by atoms with Gasteiger partial charge in [0.2, 0.25) is 0 Å². The zero-order valence-corrected chi connectivity index (χ0v) is 15.0. The zero-order chi connectivity index (χ0) is 17.8. The van der Waals surface area contributed by atoms with Gasteiger partial charge in [0.05, 0.1) is 16.8 Å². The molecule has 128 valence electrons. The first-order chi connectivity index (χ1) is 11.2. The highest BCUT2D eigenvalue weighted by Crippen LogP contribution is 2.24. The molecule has 0 unspecified atom stereocenters. The summed E-state index contributed by atoms with van der Waals surface area (Å²) in [7, 11) is -3.65. The highest BCUT2D eigenvalue weighted by Gasteiger charge is 2.18. The minimum atomic E-state index is -3.65. The number of pyridine rings is 1. The van der Waals surface area contributed by atoms with Crippen LogP contribution in [-0.4, -0.2) is 19.9 Å². The van der Waals surface area contributed by atoms with Crippen molar-refractivity contribution in [2.45, 2.75) is 31.1 Å². The van der Waals surface area contributed by atoms with Crippen molar-refractivity contribution in [3.8, 4) is 0 Å². The smallest absolute Gasteiger partial charge is 0.263 e. The number of hydrogen-bond donors (Lipinski definition) is 2. The standard InChI is InChI=1S/C18H23N3O2S/c1-5-12-19-15-8-11-17(20-13-15)21-24(22,23)16-9-6-14(7-10-16)18(2,3)4/h5-11,13,19H,1,12H2,2-4H3,(H,20,21). The van der Waals surface area contributed by atoms with Crippen LogP contribution >= 0.6 is 0 Å². The molecule has 0 saturated heterocycles. The first kappa shape index (κ1) is 18.0. The fourth-order valence-electron chi connectivity index (χ4n) is 2.08. The Kier molecular flexibility index (Phi) is 5.29. The van der Waals surface area contributed by atoms with Crippen LogP contribution in [0.3, 0.4) is 0 Å². The minimum Gasteiger partial charge on any atom is -0.380 e. The molecule has 6 heteroatoms. The lowest BCUT2D eigenvalue weighted by atomic mass is 9.87. The average molecular weight is 345 g/mol. The van der Waals surface area contributed by atoms with E-state index in [1.165, 1.54) is 0 Å². The van der Waals surface area contributed by atoms with Crippen LogP contribution in [-0.2, 0) is 15.4 Å². The van der Waals surface area contributed by atoms with Gasteiger partial charge in [0.1, 0.15) is 5.82 Å². The van der Waals surface area contributed by atoms with Crippen molar-refractivity contribution in [1.29, 1.82) is 0 Å². The molecule has 0 spiro atoms. The average Bonchev–Trinajstić information content (AvgIpc) is 2.53. The number of hydrogen-bond acceptors (Lipinski definition) is 4. The Morgan fingerprint density at radius 3 is 2.29 bits per heavy atom. The molecule has 2 rings (SSSR count). The van der Waals surface area contributed by atoms with E-state index in [-0.39, 0.29) is 16.1 Å². The van der Waals surface area contributed by atoms with Gasteiger partial charge in [-0.1, -0.05) is 39.0 Å². The summed E-state index contributed by atoms with van der Waals surface area (Å²) < 4.78 is 27.4. The second kappa shape index (κ2) is 7.05. The van der Waals surface area contributed by atoms with Gasteiger partial charge < -0.3 is 5.32 Å². The number of anilines is 2. The zero-order valence-electron chi connectivity index (χ0n) is 14.2. The molecule has 2 N–H and O–H groups in total. The van der Waals surface area contributed by atoms with E-state index < -0.39 is 10.0 Å². The Morgan fingerprint density at radius 1 is 1.12 bits per heavy atom. The fraction of sp³-hybridized carbons (Fsp3) is 0.278. The molecule has 0 atom stereocenters. The van der Waals surface area contributed by atoms with Crippen LogP contribution in [0.4, 0.5) is 11.5 Å². The maximum absolute atomic E-state index is 12.4. The molecule has 2 aromatic rings. The molecule has 0 aliphatic rings. The Hall–Kier alpha value is -2.34. The second-order valence-corrected chi connectivity index (χ2v) is 8.16. The monoisotopic (exact) mass is 345 g/mol. The number of nitrogens with zero attached hydrogens (tertiary/aromatic N) is 1. The van der Waals surface area contributed by atoms with Crippen LogP contribution in [0, 0.1) is 0 Å². The molecule has 0 radical (unpaired) electrons. The molecule has 1 aromatic heterocycles. The lowest BCUT2D eigenvalue weighted by molar-refractivity contribution is 0.587. The summed E-state index contributed by atoms with van der Waals surface area (Å²) in [5, 5.41) is 3.08. The van der Waals surface area contributed by atoms with Crippen molar-refractivity contribution in [2.24, 2.45) is 0 Å². The van der Waals surface area contributed by atoms with E-state index in [0.717, 1.165) is 11.3 Å². The highest BCUT2D eigenvalue weighted by molar-refractivity contribution is 7.92. The SMILES string of the molecule is C=CCNc1ccc(NS(=O)(=O)c2ccc(C(C)(C)C)cc2)nc1. The van der Waals surface area contributed by atoms with Crippen LogP contribution < -0.4 is 10.0 Å². The molecule has 0 aliphatic heterocycles. The number of rotatable bonds is 6. The van der Waals surface area contributed by atoms with Gasteiger partial charge in [-0.2, -0.15) is 0 Å². The van der Waals surface area contributed by atoms with Crippen LogP contribution in [0.1, 0.15) is 26.3 Å². The fourth-order valence-corrected chi connectivity index (χ4v) is 3.09. The maximum atomic E-state index is 12.4. The largest absolute Gasteiger partial charge is 0.380 e. The third-order valence-corrected chi connectivity index (χ3v) is 4.85. The van der Waals surface area contributed by atoms with Gasteiger partial charge in [-0.15, -0.1) is 6.58 Å². The highest BCUT2D eigenvalue weighted by atomic mass is 32.2. The summed E-state index contributed by atoms with van der Waals surface area (Å²) in [6, 6.07) is 10.3. The summed E-state index contributed by atoms with van der Waals surface area (Å²) in [6.45, 7) is 10.5. The molecular formula is C18H23N3O2S. The molecule has 0 fully saturated rings. The predicted molar refractivity (Wildman–Crippen MR) is 98.9 cm³/mol. The van der Waals surface area contributed by atoms with E-state index in [2.05, 4.69) is 42.4 Å². The topological polar surface area (TPSA) is 71.1 Å². The molecule has 0 aliphatic carbocycles. The molecule has 5 nitrogen and oxygen atoms in total. The molecular weight excluding hydrogens is 322 g/mol.